The zero-order valence-electron chi connectivity index (χ0n) is 37.8. The van der Waals surface area contributed by atoms with Gasteiger partial charge in [-0.1, -0.05) is 167 Å². The van der Waals surface area contributed by atoms with Crippen molar-refractivity contribution in [2.24, 2.45) is 0 Å². The zero-order chi connectivity index (χ0) is 44.9. The van der Waals surface area contributed by atoms with Crippen LogP contribution in [0.3, 0.4) is 0 Å². The minimum atomic E-state index is -0.625. The van der Waals surface area contributed by atoms with Crippen LogP contribution < -0.4 is 0 Å². The maximum atomic E-state index is 15.1. The Balaban J connectivity index is 1.63. The van der Waals surface area contributed by atoms with Gasteiger partial charge in [-0.05, 0) is 59.1 Å². The summed E-state index contributed by atoms with van der Waals surface area (Å²) in [6.07, 6.45) is 11.2. The lowest BCUT2D eigenvalue weighted by Gasteiger charge is -2.35. The average molecular weight is 869 g/mol. The van der Waals surface area contributed by atoms with Gasteiger partial charge in [-0.2, -0.15) is 10.5 Å². The molecule has 0 N–H and O–H groups in total. The number of hydrogen-bond donors (Lipinski definition) is 0. The molecular weight excluding hydrogens is 809 g/mol. The van der Waals surface area contributed by atoms with Gasteiger partial charge in [0.25, 0.3) is 23.6 Å². The van der Waals surface area contributed by atoms with Gasteiger partial charge >= 0.3 is 0 Å². The Morgan fingerprint density at radius 2 is 0.774 bits per heavy atom. The lowest BCUT2D eigenvalue weighted by Crippen LogP contribution is -2.45. The van der Waals surface area contributed by atoms with Gasteiger partial charge in [0.1, 0.15) is 12.1 Å². The van der Waals surface area contributed by atoms with Crippen LogP contribution in [0.4, 0.5) is 0 Å². The highest BCUT2D eigenvalue weighted by Gasteiger charge is 2.46. The minimum Gasteiger partial charge on any atom is -0.274 e. The maximum absolute atomic E-state index is 15.1. The van der Waals surface area contributed by atoms with Crippen LogP contribution in [0.1, 0.15) is 196 Å². The fraction of sp³-hybridized carbons (Fsp3) is 0.462. The van der Waals surface area contributed by atoms with E-state index in [1.165, 1.54) is 33.3 Å². The van der Waals surface area contributed by atoms with E-state index in [0.29, 0.717) is 12.8 Å². The second kappa shape index (κ2) is 19.7. The fourth-order valence-corrected chi connectivity index (χ4v) is 10.6. The Morgan fingerprint density at radius 3 is 1.08 bits per heavy atom. The van der Waals surface area contributed by atoms with Gasteiger partial charge in [0.2, 0.25) is 0 Å². The number of benzene rings is 4. The van der Waals surface area contributed by atoms with E-state index in [4.69, 9.17) is 0 Å². The monoisotopic (exact) mass is 868 g/mol. The van der Waals surface area contributed by atoms with Gasteiger partial charge < -0.3 is 0 Å². The Labute approximate surface area is 376 Å². The number of amides is 4. The molecule has 2 aliphatic rings. The van der Waals surface area contributed by atoms with Gasteiger partial charge in [-0.15, -0.1) is 0 Å². The van der Waals surface area contributed by atoms with Crippen molar-refractivity contribution in [1.29, 1.82) is 10.5 Å². The number of carbonyl (C=O) groups is 4. The highest BCUT2D eigenvalue weighted by Crippen LogP contribution is 2.51. The molecule has 2 aliphatic heterocycles. The van der Waals surface area contributed by atoms with E-state index in [9.17, 15) is 20.1 Å². The van der Waals surface area contributed by atoms with E-state index in [1.807, 2.05) is 48.5 Å². The maximum Gasteiger partial charge on any atom is 0.262 e. The van der Waals surface area contributed by atoms with Gasteiger partial charge in [0.15, 0.2) is 0 Å². The van der Waals surface area contributed by atoms with E-state index < -0.39 is 23.6 Å². The lowest BCUT2D eigenvalue weighted by molar-refractivity contribution is 0.0582. The molecule has 0 saturated heterocycles. The number of imide groups is 2. The molecular formula is C52H60N4O4S2. The molecule has 0 atom stereocenters. The summed E-state index contributed by atoms with van der Waals surface area (Å²) in [5.74, 6) is -2.43. The second-order valence-corrected chi connectivity index (χ2v) is 20.9. The number of rotatable bonds is 18. The van der Waals surface area contributed by atoms with Crippen molar-refractivity contribution in [3.8, 4) is 12.1 Å². The molecule has 4 aromatic rings. The smallest absolute Gasteiger partial charge is 0.262 e. The quantitative estimate of drug-likeness (QED) is 0.0715. The lowest BCUT2D eigenvalue weighted by atomic mass is 9.81. The first-order chi connectivity index (χ1) is 29.6. The molecule has 0 unspecified atom stereocenters. The van der Waals surface area contributed by atoms with Gasteiger partial charge in [-0.3, -0.25) is 29.0 Å². The summed E-state index contributed by atoms with van der Waals surface area (Å²) in [4.78, 5) is 64.5. The molecule has 0 aromatic heterocycles. The predicted octanol–water partition coefficient (Wildman–Crippen LogP) is 13.4. The third-order valence-electron chi connectivity index (χ3n) is 12.1. The summed E-state index contributed by atoms with van der Waals surface area (Å²) in [5.41, 5.74) is 2.13. The highest BCUT2D eigenvalue weighted by molar-refractivity contribution is 7.99. The second-order valence-electron chi connectivity index (χ2n) is 18.7. The van der Waals surface area contributed by atoms with Crippen molar-refractivity contribution in [1.82, 2.24) is 9.80 Å². The Kier molecular flexibility index (Phi) is 14.8. The molecule has 0 aliphatic carbocycles. The number of nitrogens with zero attached hydrogens (tertiary/aromatic N) is 4. The van der Waals surface area contributed by atoms with Crippen molar-refractivity contribution in [3.05, 3.63) is 93.0 Å². The largest absolute Gasteiger partial charge is 0.274 e. The van der Waals surface area contributed by atoms with Crippen LogP contribution in [-0.2, 0) is 10.8 Å². The molecule has 10 heteroatoms. The molecule has 324 valence electrons. The number of carbonyl (C=O) groups excluding carboxylic acids is 4. The van der Waals surface area contributed by atoms with E-state index in [-0.39, 0.29) is 77.9 Å². The molecule has 6 rings (SSSR count). The van der Waals surface area contributed by atoms with Gasteiger partial charge in [0, 0.05) is 43.4 Å². The van der Waals surface area contributed by atoms with Crippen LogP contribution in [-0.4, -0.2) is 46.5 Å². The molecule has 8 nitrogen and oxygen atoms in total. The topological polar surface area (TPSA) is 122 Å². The first kappa shape index (κ1) is 46.6. The van der Waals surface area contributed by atoms with Crippen LogP contribution in [0.2, 0.25) is 0 Å². The SMILES string of the molecule is CCCCCCCCN1C(=O)c2c(C#N)c(Sc3ccc(C(C)(C)C)cc3)c3c4c(c(C#N)c(Sc5ccc(C(C)(C)C)cc5)c(c24)C1=O)C(=O)N(CCCCCCCC)C3=O. The molecule has 2 heterocycles. The van der Waals surface area contributed by atoms with Crippen molar-refractivity contribution in [2.45, 2.75) is 163 Å². The van der Waals surface area contributed by atoms with Crippen molar-refractivity contribution in [3.63, 3.8) is 0 Å². The number of hydrogen-bond acceptors (Lipinski definition) is 8. The molecule has 0 bridgehead atoms. The molecule has 0 radical (unpaired) electrons. The standard InChI is InChI=1S/C52H60N4O4S2/c1-9-11-13-15-17-19-29-55-47(57)39-37(31-53)46(62-36-27-23-34(24-28-36)52(6,7)8)44-42-40(48(58)56(50(44)60)30-20-18-16-14-12-10-2)38(32-54)45(43(41(39)42)49(55)59)61-35-25-21-33(22-26-35)51(3,4)5/h21-28H,9-20,29-30H2,1-8H3. The van der Waals surface area contributed by atoms with E-state index in [1.54, 1.807) is 0 Å². The van der Waals surface area contributed by atoms with Crippen LogP contribution in [0.15, 0.2) is 68.1 Å². The molecule has 0 saturated carbocycles. The van der Waals surface area contributed by atoms with Crippen LogP contribution in [0.5, 0.6) is 0 Å². The van der Waals surface area contributed by atoms with Gasteiger partial charge in [0.05, 0.1) is 33.4 Å². The van der Waals surface area contributed by atoms with E-state index >= 15 is 9.59 Å². The number of nitriles is 2. The highest BCUT2D eigenvalue weighted by atomic mass is 32.2. The van der Waals surface area contributed by atoms with Crippen LogP contribution >= 0.6 is 23.5 Å². The summed E-state index contributed by atoms with van der Waals surface area (Å²) in [7, 11) is 0. The normalized spacial score (nSPS) is 13.9. The average Bonchev–Trinajstić information content (AvgIpc) is 3.23. The predicted molar refractivity (Wildman–Crippen MR) is 249 cm³/mol. The molecule has 4 aromatic carbocycles. The van der Waals surface area contributed by atoms with Crippen molar-refractivity contribution in [2.75, 3.05) is 13.1 Å². The summed E-state index contributed by atoms with van der Waals surface area (Å²) in [6, 6.07) is 20.5. The summed E-state index contributed by atoms with van der Waals surface area (Å²) in [6.45, 7) is 17.3. The molecule has 0 fully saturated rings. The number of unbranched alkanes of at least 4 members (excludes halogenated alkanes) is 10. The zero-order valence-corrected chi connectivity index (χ0v) is 39.4. The van der Waals surface area contributed by atoms with Crippen molar-refractivity contribution >= 4 is 57.9 Å². The molecule has 0 spiro atoms. The van der Waals surface area contributed by atoms with E-state index in [0.717, 1.165) is 85.1 Å². The van der Waals surface area contributed by atoms with Gasteiger partial charge in [-0.25, -0.2) is 0 Å². The Bertz CT molecular complexity index is 2290. The molecule has 4 amide bonds. The van der Waals surface area contributed by atoms with Crippen molar-refractivity contribution < 1.29 is 19.2 Å². The van der Waals surface area contributed by atoms with E-state index in [2.05, 4.69) is 67.5 Å². The van der Waals surface area contributed by atoms with Crippen LogP contribution in [0, 0.1) is 22.7 Å². The first-order valence-electron chi connectivity index (χ1n) is 22.4. The third kappa shape index (κ3) is 9.38. The first-order valence-corrected chi connectivity index (χ1v) is 24.0. The summed E-state index contributed by atoms with van der Waals surface area (Å²) < 4.78 is 0. The fourth-order valence-electron chi connectivity index (χ4n) is 8.47. The summed E-state index contributed by atoms with van der Waals surface area (Å²) >= 11 is 2.40. The van der Waals surface area contributed by atoms with Crippen LogP contribution in [0.25, 0.3) is 10.8 Å². The Hall–Kier alpha value is -4.90. The molecule has 62 heavy (non-hydrogen) atoms. The third-order valence-corrected chi connectivity index (χ3v) is 14.3. The Morgan fingerprint density at radius 1 is 0.468 bits per heavy atom. The summed E-state index contributed by atoms with van der Waals surface area (Å²) in [5, 5.41) is 22.6. The minimum absolute atomic E-state index is 0.00119.